The third-order valence-electron chi connectivity index (χ3n) is 6.03. The molecule has 2 aliphatic rings. The summed E-state index contributed by atoms with van der Waals surface area (Å²) < 4.78 is 44.4. The van der Waals surface area contributed by atoms with Crippen LogP contribution in [0.2, 0.25) is 0 Å². The highest BCUT2D eigenvalue weighted by Crippen LogP contribution is 2.30. The van der Waals surface area contributed by atoms with E-state index in [-0.39, 0.29) is 5.69 Å². The van der Waals surface area contributed by atoms with Gasteiger partial charge in [0.15, 0.2) is 0 Å². The van der Waals surface area contributed by atoms with Crippen LogP contribution < -0.4 is 26.2 Å². The molecule has 0 radical (unpaired) electrons. The zero-order valence-electron chi connectivity index (χ0n) is 19.8. The fourth-order valence-corrected chi connectivity index (χ4v) is 4.03. The molecular formula is C25H24F3N7O2. The molecule has 4 heterocycles. The van der Waals surface area contributed by atoms with E-state index in [4.69, 9.17) is 4.74 Å². The first kappa shape index (κ1) is 24.5. The van der Waals surface area contributed by atoms with Crippen LogP contribution in [0, 0.1) is 6.92 Å². The summed E-state index contributed by atoms with van der Waals surface area (Å²) >= 11 is 0. The number of hydrogen-bond acceptors (Lipinski definition) is 8. The number of hydrazine groups is 2. The standard InChI is InChI=1S/C25H24F3N7O2/c1-16-2-3-19(31-24(36)21-11-18(4-5-30-21)25(26,27)28)12-23(16)35-15-22(32-33-35)17-10-20(14-29-13-17)34-6-8-37-9-7-34/h2-5,10-15,32-33H,6-9H2,1H3,(H,31,36). The molecule has 3 aromatic rings. The lowest BCUT2D eigenvalue weighted by Crippen LogP contribution is -2.37. The minimum atomic E-state index is -4.56. The van der Waals surface area contributed by atoms with E-state index in [0.29, 0.717) is 18.9 Å². The van der Waals surface area contributed by atoms with E-state index in [1.807, 2.05) is 25.4 Å². The molecule has 0 saturated carbocycles. The average Bonchev–Trinajstić information content (AvgIpc) is 3.40. The Morgan fingerprint density at radius 1 is 1.11 bits per heavy atom. The Morgan fingerprint density at radius 3 is 2.70 bits per heavy atom. The Hall–Kier alpha value is -4.16. The molecule has 3 N–H and O–H groups in total. The van der Waals surface area contributed by atoms with Gasteiger partial charge in [-0.1, -0.05) is 6.07 Å². The molecule has 0 aliphatic carbocycles. The maximum Gasteiger partial charge on any atom is 0.416 e. The number of halogens is 3. The Balaban J connectivity index is 1.33. The summed E-state index contributed by atoms with van der Waals surface area (Å²) in [7, 11) is 0. The lowest BCUT2D eigenvalue weighted by molar-refractivity contribution is -0.137. The highest BCUT2D eigenvalue weighted by atomic mass is 19.4. The van der Waals surface area contributed by atoms with Crippen LogP contribution in [-0.2, 0) is 10.9 Å². The van der Waals surface area contributed by atoms with Gasteiger partial charge in [0, 0.05) is 42.9 Å². The molecule has 5 rings (SSSR count). The molecule has 37 heavy (non-hydrogen) atoms. The number of ether oxygens (including phenoxy) is 1. The number of morpholine rings is 1. The third-order valence-corrected chi connectivity index (χ3v) is 6.03. The first-order valence-corrected chi connectivity index (χ1v) is 11.5. The molecule has 0 bridgehead atoms. The van der Waals surface area contributed by atoms with Gasteiger partial charge in [-0.3, -0.25) is 19.8 Å². The van der Waals surface area contributed by atoms with Crippen molar-refractivity contribution in [2.75, 3.05) is 41.5 Å². The number of aryl methyl sites for hydroxylation is 1. The number of pyridine rings is 2. The van der Waals surface area contributed by atoms with Crippen LogP contribution in [0.3, 0.4) is 0 Å². The smallest absolute Gasteiger partial charge is 0.378 e. The molecule has 2 aromatic heterocycles. The van der Waals surface area contributed by atoms with Crippen LogP contribution in [0.1, 0.15) is 27.2 Å². The summed E-state index contributed by atoms with van der Waals surface area (Å²) in [5, 5.41) is 4.38. The number of aromatic nitrogens is 2. The van der Waals surface area contributed by atoms with Crippen LogP contribution in [0.15, 0.2) is 61.2 Å². The molecule has 1 fully saturated rings. The monoisotopic (exact) mass is 511 g/mol. The molecule has 192 valence electrons. The number of carbonyl (C=O) groups is 1. The van der Waals surface area contributed by atoms with Crippen LogP contribution in [0.4, 0.5) is 30.2 Å². The number of amides is 1. The number of rotatable bonds is 5. The fourth-order valence-electron chi connectivity index (χ4n) is 4.03. The number of anilines is 3. The lowest BCUT2D eigenvalue weighted by atomic mass is 10.1. The van der Waals surface area contributed by atoms with E-state index in [2.05, 4.69) is 31.1 Å². The van der Waals surface area contributed by atoms with E-state index in [0.717, 1.165) is 59.6 Å². The number of nitrogens with zero attached hydrogens (tertiary/aromatic N) is 4. The van der Waals surface area contributed by atoms with Crippen molar-refractivity contribution in [3.8, 4) is 0 Å². The van der Waals surface area contributed by atoms with Gasteiger partial charge in [-0.25, -0.2) is 0 Å². The molecule has 12 heteroatoms. The molecule has 9 nitrogen and oxygen atoms in total. The second-order valence-electron chi connectivity index (χ2n) is 8.56. The molecule has 0 unspecified atom stereocenters. The highest BCUT2D eigenvalue weighted by Gasteiger charge is 2.31. The van der Waals surface area contributed by atoms with Gasteiger partial charge >= 0.3 is 6.18 Å². The minimum Gasteiger partial charge on any atom is -0.378 e. The number of alkyl halides is 3. The molecule has 1 aromatic carbocycles. The van der Waals surface area contributed by atoms with Gasteiger partial charge in [0.1, 0.15) is 5.69 Å². The summed E-state index contributed by atoms with van der Waals surface area (Å²) in [5.74, 6) is -0.740. The van der Waals surface area contributed by atoms with E-state index >= 15 is 0 Å². The second kappa shape index (κ2) is 10.1. The van der Waals surface area contributed by atoms with Crippen molar-refractivity contribution in [1.82, 2.24) is 20.9 Å². The van der Waals surface area contributed by atoms with Gasteiger partial charge in [-0.05, 0) is 42.8 Å². The summed E-state index contributed by atoms with van der Waals surface area (Å²) in [4.78, 5) is 23.0. The number of hydrogen-bond donors (Lipinski definition) is 3. The molecule has 1 amide bonds. The van der Waals surface area contributed by atoms with E-state index < -0.39 is 17.6 Å². The Labute approximate surface area is 210 Å². The number of benzene rings is 1. The topological polar surface area (TPSA) is 94.7 Å². The van der Waals surface area contributed by atoms with E-state index in [1.54, 1.807) is 29.4 Å². The molecule has 1 saturated heterocycles. The zero-order valence-corrected chi connectivity index (χ0v) is 19.8. The maximum absolute atomic E-state index is 13.0. The number of nitrogens with one attached hydrogen (secondary N) is 3. The van der Waals surface area contributed by atoms with Crippen molar-refractivity contribution in [3.05, 3.63) is 83.6 Å². The summed E-state index contributed by atoms with van der Waals surface area (Å²) in [6.07, 6.45) is 1.85. The Bertz CT molecular complexity index is 1340. The Morgan fingerprint density at radius 2 is 1.92 bits per heavy atom. The van der Waals surface area contributed by atoms with Crippen LogP contribution in [-0.4, -0.2) is 42.2 Å². The van der Waals surface area contributed by atoms with E-state index in [1.165, 1.54) is 0 Å². The van der Waals surface area contributed by atoms with Crippen molar-refractivity contribution >= 4 is 28.7 Å². The van der Waals surface area contributed by atoms with Gasteiger partial charge in [-0.2, -0.15) is 13.2 Å². The van der Waals surface area contributed by atoms with Gasteiger partial charge in [0.2, 0.25) is 0 Å². The Kier molecular flexibility index (Phi) is 6.68. The average molecular weight is 512 g/mol. The normalized spacial score (nSPS) is 15.8. The van der Waals surface area contributed by atoms with Crippen LogP contribution >= 0.6 is 0 Å². The van der Waals surface area contributed by atoms with Crippen LogP contribution in [0.5, 0.6) is 0 Å². The van der Waals surface area contributed by atoms with E-state index in [9.17, 15) is 18.0 Å². The first-order chi connectivity index (χ1) is 17.8. The third kappa shape index (κ3) is 5.49. The summed E-state index contributed by atoms with van der Waals surface area (Å²) in [6, 6.07) is 8.80. The SMILES string of the molecule is Cc1ccc(NC(=O)c2cc(C(F)(F)F)ccn2)cc1N1C=C(c2cncc(N3CCOCC3)c2)NN1. The summed E-state index contributed by atoms with van der Waals surface area (Å²) in [6.45, 7) is 4.86. The van der Waals surface area contributed by atoms with Crippen molar-refractivity contribution < 1.29 is 22.7 Å². The highest BCUT2D eigenvalue weighted by molar-refractivity contribution is 6.03. The minimum absolute atomic E-state index is 0.326. The molecule has 0 spiro atoms. The molecular weight excluding hydrogens is 487 g/mol. The maximum atomic E-state index is 13.0. The predicted octanol–water partition coefficient (Wildman–Crippen LogP) is 3.72. The lowest BCUT2D eigenvalue weighted by Gasteiger charge is -2.28. The quantitative estimate of drug-likeness (QED) is 0.477. The predicted molar refractivity (Wildman–Crippen MR) is 132 cm³/mol. The first-order valence-electron chi connectivity index (χ1n) is 11.5. The van der Waals surface area contributed by atoms with Gasteiger partial charge in [0.05, 0.1) is 42.0 Å². The van der Waals surface area contributed by atoms with Crippen molar-refractivity contribution in [3.63, 3.8) is 0 Å². The van der Waals surface area contributed by atoms with Gasteiger partial charge in [0.25, 0.3) is 5.91 Å². The van der Waals surface area contributed by atoms with Gasteiger partial charge in [-0.15, -0.1) is 5.53 Å². The van der Waals surface area contributed by atoms with Crippen molar-refractivity contribution in [2.45, 2.75) is 13.1 Å². The largest absolute Gasteiger partial charge is 0.416 e. The van der Waals surface area contributed by atoms with Crippen LogP contribution in [0.25, 0.3) is 5.70 Å². The summed E-state index contributed by atoms with van der Waals surface area (Å²) in [5.41, 5.74) is 9.68. The fraction of sp³-hybridized carbons (Fsp3) is 0.240. The number of carbonyl (C=O) groups excluding carboxylic acids is 1. The molecule has 2 aliphatic heterocycles. The van der Waals surface area contributed by atoms with Crippen molar-refractivity contribution in [1.29, 1.82) is 0 Å². The zero-order chi connectivity index (χ0) is 26.0. The van der Waals surface area contributed by atoms with Gasteiger partial charge < -0.3 is 20.4 Å². The van der Waals surface area contributed by atoms with Crippen molar-refractivity contribution in [2.24, 2.45) is 0 Å². The second-order valence-corrected chi connectivity index (χ2v) is 8.56. The molecule has 0 atom stereocenters.